The average molecular weight is 166 g/mol. The Kier molecular flexibility index (Phi) is 2.63. The van der Waals surface area contributed by atoms with Crippen LogP contribution >= 0.6 is 0 Å². The van der Waals surface area contributed by atoms with E-state index >= 15 is 0 Å². The largest absolute Gasteiger partial charge is 0.480 e. The fourth-order valence-corrected chi connectivity index (χ4v) is 0.762. The number of hydrogen-bond donors (Lipinski definition) is 0. The Labute approximate surface area is 70.9 Å². The van der Waals surface area contributed by atoms with Crippen LogP contribution in [-0.2, 0) is 0 Å². The van der Waals surface area contributed by atoms with Crippen molar-refractivity contribution in [2.45, 2.75) is 0 Å². The molecule has 0 fully saturated rings. The molecule has 0 spiro atoms. The molecule has 4 heteroatoms. The predicted octanol–water partition coefficient (Wildman–Crippen LogP) is 1.14. The first kappa shape index (κ1) is 8.52. The number of ether oxygens (including phenoxy) is 2. The van der Waals surface area contributed by atoms with Crippen LogP contribution in [0.2, 0.25) is 0 Å². The van der Waals surface area contributed by atoms with Gasteiger partial charge < -0.3 is 9.47 Å². The lowest BCUT2D eigenvalue weighted by atomic mass is 10.3. The van der Waals surface area contributed by atoms with Crippen LogP contribution in [0.15, 0.2) is 12.8 Å². The van der Waals surface area contributed by atoms with E-state index in [1.807, 2.05) is 0 Å². The zero-order chi connectivity index (χ0) is 8.97. The molecule has 12 heavy (non-hydrogen) atoms. The van der Waals surface area contributed by atoms with E-state index in [-0.39, 0.29) is 6.01 Å². The van der Waals surface area contributed by atoms with Gasteiger partial charge in [0.2, 0.25) is 5.88 Å². The van der Waals surface area contributed by atoms with Crippen LogP contribution in [0, 0.1) is 0 Å². The minimum Gasteiger partial charge on any atom is -0.480 e. The molecule has 1 aromatic rings. The summed E-state index contributed by atoms with van der Waals surface area (Å²) in [5, 5.41) is 0. The molecule has 0 aromatic carbocycles. The quantitative estimate of drug-likeness (QED) is 0.675. The number of methoxy groups -OCH3 is 2. The van der Waals surface area contributed by atoms with E-state index in [9.17, 15) is 0 Å². The second-order valence-electron chi connectivity index (χ2n) is 2.03. The molecular weight excluding hydrogens is 156 g/mol. The van der Waals surface area contributed by atoms with Crippen molar-refractivity contribution in [1.82, 2.24) is 9.97 Å². The molecular formula is C8H10N2O2. The molecule has 0 bridgehead atoms. The molecule has 0 aliphatic rings. The second-order valence-corrected chi connectivity index (χ2v) is 2.03. The van der Waals surface area contributed by atoms with Crippen molar-refractivity contribution < 1.29 is 9.47 Å². The van der Waals surface area contributed by atoms with E-state index in [1.54, 1.807) is 12.3 Å². The maximum Gasteiger partial charge on any atom is 0.319 e. The van der Waals surface area contributed by atoms with Crippen molar-refractivity contribution >= 4 is 6.08 Å². The van der Waals surface area contributed by atoms with E-state index in [0.29, 0.717) is 5.88 Å². The van der Waals surface area contributed by atoms with Crippen LogP contribution in [0.5, 0.6) is 11.9 Å². The Morgan fingerprint density at radius 3 is 2.67 bits per heavy atom. The lowest BCUT2D eigenvalue weighted by Crippen LogP contribution is -1.96. The highest BCUT2D eigenvalue weighted by molar-refractivity contribution is 5.51. The Morgan fingerprint density at radius 1 is 1.42 bits per heavy atom. The van der Waals surface area contributed by atoms with Gasteiger partial charge in [-0.3, -0.25) is 0 Å². The third-order valence-corrected chi connectivity index (χ3v) is 1.35. The highest BCUT2D eigenvalue weighted by atomic mass is 16.5. The van der Waals surface area contributed by atoms with Crippen molar-refractivity contribution in [2.75, 3.05) is 14.2 Å². The third-order valence-electron chi connectivity index (χ3n) is 1.35. The van der Waals surface area contributed by atoms with E-state index in [0.717, 1.165) is 5.56 Å². The predicted molar refractivity (Wildman–Crippen MR) is 45.2 cm³/mol. The van der Waals surface area contributed by atoms with Gasteiger partial charge >= 0.3 is 6.01 Å². The summed E-state index contributed by atoms with van der Waals surface area (Å²) in [6.07, 6.45) is 3.22. The number of rotatable bonds is 3. The van der Waals surface area contributed by atoms with Crippen molar-refractivity contribution in [2.24, 2.45) is 0 Å². The lowest BCUT2D eigenvalue weighted by Gasteiger charge is -2.03. The molecule has 64 valence electrons. The summed E-state index contributed by atoms with van der Waals surface area (Å²) in [4.78, 5) is 7.85. The Bertz CT molecular complexity index is 286. The average Bonchev–Trinajstić information content (AvgIpc) is 2.16. The van der Waals surface area contributed by atoms with Crippen molar-refractivity contribution in [3.8, 4) is 11.9 Å². The Morgan fingerprint density at radius 2 is 2.17 bits per heavy atom. The summed E-state index contributed by atoms with van der Waals surface area (Å²) < 4.78 is 9.80. The zero-order valence-electron chi connectivity index (χ0n) is 7.07. The Balaban J connectivity index is 3.10. The smallest absolute Gasteiger partial charge is 0.319 e. The molecule has 0 atom stereocenters. The van der Waals surface area contributed by atoms with Crippen molar-refractivity contribution in [3.05, 3.63) is 18.3 Å². The topological polar surface area (TPSA) is 44.2 Å². The van der Waals surface area contributed by atoms with Crippen LogP contribution in [0.25, 0.3) is 6.08 Å². The maximum atomic E-state index is 4.98. The summed E-state index contributed by atoms with van der Waals surface area (Å²) >= 11 is 0. The summed E-state index contributed by atoms with van der Waals surface area (Å²) in [6, 6.07) is 0.289. The summed E-state index contributed by atoms with van der Waals surface area (Å²) in [6.45, 7) is 3.59. The number of hydrogen-bond acceptors (Lipinski definition) is 4. The van der Waals surface area contributed by atoms with Crippen LogP contribution < -0.4 is 9.47 Å². The normalized spacial score (nSPS) is 9.17. The maximum absolute atomic E-state index is 4.98. The van der Waals surface area contributed by atoms with Gasteiger partial charge in [-0.25, -0.2) is 4.98 Å². The van der Waals surface area contributed by atoms with Gasteiger partial charge in [0, 0.05) is 6.20 Å². The van der Waals surface area contributed by atoms with Crippen LogP contribution in [0.3, 0.4) is 0 Å². The molecule has 0 saturated carbocycles. The monoisotopic (exact) mass is 166 g/mol. The molecule has 0 saturated heterocycles. The van der Waals surface area contributed by atoms with Gasteiger partial charge in [0.25, 0.3) is 0 Å². The van der Waals surface area contributed by atoms with Crippen molar-refractivity contribution in [3.63, 3.8) is 0 Å². The van der Waals surface area contributed by atoms with Gasteiger partial charge in [-0.1, -0.05) is 12.7 Å². The summed E-state index contributed by atoms with van der Waals surface area (Å²) in [7, 11) is 3.04. The molecule has 0 radical (unpaired) electrons. The highest BCUT2D eigenvalue weighted by Gasteiger charge is 2.03. The molecule has 0 unspecified atom stereocenters. The van der Waals surface area contributed by atoms with Gasteiger partial charge in [-0.05, 0) is 0 Å². The molecule has 0 amide bonds. The van der Waals surface area contributed by atoms with E-state index in [4.69, 9.17) is 9.47 Å². The minimum atomic E-state index is 0.289. The fraction of sp³-hybridized carbons (Fsp3) is 0.250. The summed E-state index contributed by atoms with van der Waals surface area (Å²) in [5.74, 6) is 0.469. The van der Waals surface area contributed by atoms with Crippen LogP contribution in [-0.4, -0.2) is 24.2 Å². The highest BCUT2D eigenvalue weighted by Crippen LogP contribution is 2.17. The summed E-state index contributed by atoms with van der Waals surface area (Å²) in [5.41, 5.74) is 0.748. The zero-order valence-corrected chi connectivity index (χ0v) is 7.07. The number of nitrogens with zero attached hydrogens (tertiary/aromatic N) is 2. The lowest BCUT2D eigenvalue weighted by molar-refractivity contribution is 0.351. The fourth-order valence-electron chi connectivity index (χ4n) is 0.762. The van der Waals surface area contributed by atoms with Gasteiger partial charge in [0.1, 0.15) is 0 Å². The molecule has 1 heterocycles. The van der Waals surface area contributed by atoms with Crippen LogP contribution in [0.4, 0.5) is 0 Å². The minimum absolute atomic E-state index is 0.289. The molecule has 0 N–H and O–H groups in total. The van der Waals surface area contributed by atoms with E-state index in [2.05, 4.69) is 16.5 Å². The van der Waals surface area contributed by atoms with E-state index < -0.39 is 0 Å². The second kappa shape index (κ2) is 3.71. The molecule has 1 rings (SSSR count). The molecule has 0 aliphatic heterocycles. The molecule has 0 aliphatic carbocycles. The Hall–Kier alpha value is -1.58. The van der Waals surface area contributed by atoms with Crippen LogP contribution in [0.1, 0.15) is 5.56 Å². The SMILES string of the molecule is C=Cc1cnc(OC)nc1OC. The first-order chi connectivity index (χ1) is 5.81. The first-order valence-electron chi connectivity index (χ1n) is 3.39. The van der Waals surface area contributed by atoms with Crippen molar-refractivity contribution in [1.29, 1.82) is 0 Å². The van der Waals surface area contributed by atoms with Gasteiger partial charge in [-0.2, -0.15) is 4.98 Å². The van der Waals surface area contributed by atoms with Gasteiger partial charge in [0.15, 0.2) is 0 Å². The third kappa shape index (κ3) is 1.53. The molecule has 4 nitrogen and oxygen atoms in total. The number of aromatic nitrogens is 2. The first-order valence-corrected chi connectivity index (χ1v) is 3.39. The molecule has 1 aromatic heterocycles. The van der Waals surface area contributed by atoms with E-state index in [1.165, 1.54) is 14.2 Å². The van der Waals surface area contributed by atoms with Gasteiger partial charge in [0.05, 0.1) is 19.8 Å². The van der Waals surface area contributed by atoms with Gasteiger partial charge in [-0.15, -0.1) is 0 Å². The standard InChI is InChI=1S/C8H10N2O2/c1-4-6-5-9-8(12-3)10-7(6)11-2/h4-5H,1H2,2-3H3.